The molecule has 0 aliphatic heterocycles. The van der Waals surface area contributed by atoms with Gasteiger partial charge < -0.3 is 10.0 Å². The first-order valence-corrected chi connectivity index (χ1v) is 7.59. The number of fused-ring (bicyclic) bond motifs is 1. The number of aromatic nitrogens is 2. The number of hydrogen-bond acceptors (Lipinski definition) is 3. The van der Waals surface area contributed by atoms with Crippen LogP contribution in [-0.2, 0) is 23.2 Å². The molecule has 0 radical (unpaired) electrons. The largest absolute Gasteiger partial charge is 0.480 e. The number of benzene rings is 1. The number of imidazole rings is 1. The molecule has 1 N–H and O–H groups in total. The summed E-state index contributed by atoms with van der Waals surface area (Å²) in [6.45, 7) is 2.21. The molecule has 0 unspecified atom stereocenters. The smallest absolute Gasteiger partial charge is 0.328 e. The lowest BCUT2D eigenvalue weighted by molar-refractivity contribution is -0.144. The maximum absolute atomic E-state index is 12.3. The molecule has 0 aliphatic rings. The third-order valence-corrected chi connectivity index (χ3v) is 3.77. The number of carbonyl (C=O) groups is 2. The molecule has 2 rings (SSSR count). The molecule has 0 fully saturated rings. The van der Waals surface area contributed by atoms with Crippen molar-refractivity contribution in [1.29, 1.82) is 0 Å². The van der Waals surface area contributed by atoms with Crippen LogP contribution in [0.5, 0.6) is 0 Å². The minimum absolute atomic E-state index is 0.0984. The lowest BCUT2D eigenvalue weighted by Crippen LogP contribution is -2.37. The zero-order valence-corrected chi connectivity index (χ0v) is 13.4. The second kappa shape index (κ2) is 7.13. The Morgan fingerprint density at radius 3 is 2.48 bits per heavy atom. The van der Waals surface area contributed by atoms with E-state index in [0.717, 1.165) is 11.0 Å². The predicted molar refractivity (Wildman–Crippen MR) is 86.3 cm³/mol. The minimum atomic E-state index is -1.03. The number of hydrogen-bond donors (Lipinski definition) is 1. The Bertz CT molecular complexity index is 775. The first kappa shape index (κ1) is 16.8. The number of rotatable bonds is 7. The summed E-state index contributed by atoms with van der Waals surface area (Å²) in [5.74, 6) is -1.29. The van der Waals surface area contributed by atoms with Gasteiger partial charge in [0.2, 0.25) is 5.91 Å². The molecule has 2 aromatic rings. The molecule has 23 heavy (non-hydrogen) atoms. The van der Waals surface area contributed by atoms with Crippen LogP contribution in [0.1, 0.15) is 19.8 Å². The van der Waals surface area contributed by atoms with Gasteiger partial charge >= 0.3 is 11.7 Å². The van der Waals surface area contributed by atoms with Crippen molar-refractivity contribution in [3.05, 3.63) is 34.7 Å². The summed E-state index contributed by atoms with van der Waals surface area (Å²) in [5.41, 5.74) is 1.40. The van der Waals surface area contributed by atoms with E-state index in [1.165, 1.54) is 4.90 Å². The summed E-state index contributed by atoms with van der Waals surface area (Å²) >= 11 is 0. The molecule has 124 valence electrons. The number of para-hydroxylation sites is 2. The quantitative estimate of drug-likeness (QED) is 0.827. The van der Waals surface area contributed by atoms with E-state index in [1.807, 2.05) is 31.2 Å². The van der Waals surface area contributed by atoms with E-state index < -0.39 is 5.97 Å². The average Bonchev–Trinajstić information content (AvgIpc) is 2.76. The molecule has 0 saturated heterocycles. The van der Waals surface area contributed by atoms with Crippen molar-refractivity contribution in [2.24, 2.45) is 7.05 Å². The van der Waals surface area contributed by atoms with Gasteiger partial charge in [-0.25, -0.2) is 4.79 Å². The number of amides is 1. The lowest BCUT2D eigenvalue weighted by Gasteiger charge is -2.19. The van der Waals surface area contributed by atoms with Gasteiger partial charge in [-0.05, 0) is 18.6 Å². The van der Waals surface area contributed by atoms with Crippen LogP contribution < -0.4 is 5.69 Å². The SMILES string of the molecule is CCCN(CC(=O)O)C(=O)CCn1c(=O)n(C)c2ccccc21. The standard InChI is InChI=1S/C16H21N3O4/c1-3-9-18(11-15(21)22)14(20)8-10-19-13-7-5-4-6-12(13)17(2)16(19)23/h4-7H,3,8-11H2,1-2H3,(H,21,22). The van der Waals surface area contributed by atoms with Crippen LogP contribution in [0.15, 0.2) is 29.1 Å². The Morgan fingerprint density at radius 2 is 1.87 bits per heavy atom. The van der Waals surface area contributed by atoms with Gasteiger partial charge in [-0.1, -0.05) is 19.1 Å². The van der Waals surface area contributed by atoms with Gasteiger partial charge in [-0.3, -0.25) is 18.7 Å². The van der Waals surface area contributed by atoms with E-state index in [1.54, 1.807) is 16.2 Å². The van der Waals surface area contributed by atoms with Gasteiger partial charge in [0.15, 0.2) is 0 Å². The summed E-state index contributed by atoms with van der Waals surface area (Å²) in [7, 11) is 1.69. The van der Waals surface area contributed by atoms with Crippen molar-refractivity contribution in [3.8, 4) is 0 Å². The number of carboxylic acids is 1. The zero-order chi connectivity index (χ0) is 17.0. The van der Waals surface area contributed by atoms with Crippen molar-refractivity contribution in [1.82, 2.24) is 14.0 Å². The summed E-state index contributed by atoms with van der Waals surface area (Å²) in [6.07, 6.45) is 0.786. The molecule has 0 spiro atoms. The van der Waals surface area contributed by atoms with E-state index in [9.17, 15) is 14.4 Å². The fraction of sp³-hybridized carbons (Fsp3) is 0.438. The fourth-order valence-corrected chi connectivity index (χ4v) is 2.67. The molecule has 0 bridgehead atoms. The van der Waals surface area contributed by atoms with Crippen LogP contribution in [0.4, 0.5) is 0 Å². The summed E-state index contributed by atoms with van der Waals surface area (Å²) in [6, 6.07) is 7.38. The average molecular weight is 319 g/mol. The van der Waals surface area contributed by atoms with E-state index in [2.05, 4.69) is 0 Å². The molecule has 1 amide bonds. The van der Waals surface area contributed by atoms with Gasteiger partial charge in [-0.15, -0.1) is 0 Å². The van der Waals surface area contributed by atoms with Gasteiger partial charge in [0.25, 0.3) is 0 Å². The normalized spacial score (nSPS) is 10.9. The van der Waals surface area contributed by atoms with Crippen LogP contribution in [0.2, 0.25) is 0 Å². The first-order valence-electron chi connectivity index (χ1n) is 7.59. The Kier molecular flexibility index (Phi) is 5.20. The second-order valence-electron chi connectivity index (χ2n) is 5.44. The number of carboxylic acid groups (broad SMARTS) is 1. The monoisotopic (exact) mass is 319 g/mol. The molecular weight excluding hydrogens is 298 g/mol. The molecule has 1 aromatic carbocycles. The van der Waals surface area contributed by atoms with E-state index >= 15 is 0 Å². The Balaban J connectivity index is 2.17. The summed E-state index contributed by atoms with van der Waals surface area (Å²) < 4.78 is 3.10. The van der Waals surface area contributed by atoms with E-state index in [4.69, 9.17) is 5.11 Å². The van der Waals surface area contributed by atoms with Crippen molar-refractivity contribution < 1.29 is 14.7 Å². The van der Waals surface area contributed by atoms with Crippen LogP contribution in [0.25, 0.3) is 11.0 Å². The zero-order valence-electron chi connectivity index (χ0n) is 13.4. The van der Waals surface area contributed by atoms with Crippen LogP contribution in [-0.4, -0.2) is 44.1 Å². The Hall–Kier alpha value is -2.57. The molecule has 0 atom stereocenters. The molecular formula is C16H21N3O4. The van der Waals surface area contributed by atoms with Crippen LogP contribution in [0.3, 0.4) is 0 Å². The first-order chi connectivity index (χ1) is 11.0. The maximum atomic E-state index is 12.3. The van der Waals surface area contributed by atoms with Crippen LogP contribution in [0, 0.1) is 0 Å². The highest BCUT2D eigenvalue weighted by atomic mass is 16.4. The number of carbonyl (C=O) groups excluding carboxylic acids is 1. The number of nitrogens with zero attached hydrogens (tertiary/aromatic N) is 3. The van der Waals surface area contributed by atoms with E-state index in [0.29, 0.717) is 13.0 Å². The molecule has 0 saturated carbocycles. The molecule has 1 aromatic heterocycles. The van der Waals surface area contributed by atoms with Crippen molar-refractivity contribution in [3.63, 3.8) is 0 Å². The maximum Gasteiger partial charge on any atom is 0.328 e. The molecule has 0 aliphatic carbocycles. The Labute approximate surface area is 133 Å². The minimum Gasteiger partial charge on any atom is -0.480 e. The summed E-state index contributed by atoms with van der Waals surface area (Å²) in [5, 5.41) is 8.88. The van der Waals surface area contributed by atoms with Gasteiger partial charge in [0.1, 0.15) is 6.54 Å². The third-order valence-electron chi connectivity index (χ3n) is 3.77. The highest BCUT2D eigenvalue weighted by Gasteiger charge is 2.17. The van der Waals surface area contributed by atoms with Crippen molar-refractivity contribution in [2.75, 3.05) is 13.1 Å². The fourth-order valence-electron chi connectivity index (χ4n) is 2.67. The lowest BCUT2D eigenvalue weighted by atomic mass is 10.3. The van der Waals surface area contributed by atoms with Crippen molar-refractivity contribution in [2.45, 2.75) is 26.3 Å². The molecule has 1 heterocycles. The molecule has 7 nitrogen and oxygen atoms in total. The predicted octanol–water partition coefficient (Wildman–Crippen LogP) is 1.05. The second-order valence-corrected chi connectivity index (χ2v) is 5.44. The van der Waals surface area contributed by atoms with Crippen LogP contribution >= 0.6 is 0 Å². The highest BCUT2D eigenvalue weighted by Crippen LogP contribution is 2.12. The Morgan fingerprint density at radius 1 is 1.22 bits per heavy atom. The van der Waals surface area contributed by atoms with Gasteiger partial charge in [-0.2, -0.15) is 0 Å². The topological polar surface area (TPSA) is 84.5 Å². The van der Waals surface area contributed by atoms with Gasteiger partial charge in [0.05, 0.1) is 11.0 Å². The number of aryl methyl sites for hydroxylation is 2. The molecule has 7 heteroatoms. The van der Waals surface area contributed by atoms with Gasteiger partial charge in [0, 0.05) is 26.6 Å². The third kappa shape index (κ3) is 3.61. The highest BCUT2D eigenvalue weighted by molar-refractivity contribution is 5.81. The summed E-state index contributed by atoms with van der Waals surface area (Å²) in [4.78, 5) is 36.7. The van der Waals surface area contributed by atoms with Crippen molar-refractivity contribution >= 4 is 22.9 Å². The van der Waals surface area contributed by atoms with E-state index in [-0.39, 0.29) is 31.1 Å². The number of aliphatic carboxylic acids is 1.